The number of hydrogen-bond acceptors (Lipinski definition) is 4. The first-order valence-electron chi connectivity index (χ1n) is 6.50. The maximum atomic E-state index is 11.8. The van der Waals surface area contributed by atoms with Gasteiger partial charge in [-0.1, -0.05) is 6.92 Å². The van der Waals surface area contributed by atoms with Crippen LogP contribution in [0.2, 0.25) is 0 Å². The summed E-state index contributed by atoms with van der Waals surface area (Å²) in [5, 5.41) is 2.58. The first-order chi connectivity index (χ1) is 8.58. The molecule has 0 saturated carbocycles. The van der Waals surface area contributed by atoms with Crippen molar-refractivity contribution in [3.05, 3.63) is 0 Å². The predicted octanol–water partition coefficient (Wildman–Crippen LogP) is 0.285. The molecule has 1 fully saturated rings. The number of rotatable bonds is 4. The van der Waals surface area contributed by atoms with Crippen LogP contribution >= 0.6 is 0 Å². The smallest absolute Gasteiger partial charge is 0.325 e. The number of nitrogens with zero attached hydrogens (tertiary/aromatic N) is 2. The second-order valence-electron chi connectivity index (χ2n) is 4.39. The number of likely N-dealkylation sites (N-methyl/N-ethyl adjacent to an activating group) is 1. The summed E-state index contributed by atoms with van der Waals surface area (Å²) in [6.45, 7) is 9.52. The molecule has 1 unspecified atom stereocenters. The fourth-order valence-corrected chi connectivity index (χ4v) is 2.12. The second-order valence-corrected chi connectivity index (χ2v) is 4.39. The molecule has 1 aliphatic heterocycles. The molecule has 6 nitrogen and oxygen atoms in total. The van der Waals surface area contributed by atoms with Crippen LogP contribution in [0.15, 0.2) is 0 Å². The number of esters is 1. The van der Waals surface area contributed by atoms with Gasteiger partial charge < -0.3 is 15.0 Å². The average Bonchev–Trinajstić information content (AvgIpc) is 2.36. The van der Waals surface area contributed by atoms with Crippen molar-refractivity contribution >= 4 is 12.0 Å². The molecule has 0 spiro atoms. The van der Waals surface area contributed by atoms with Crippen LogP contribution in [0.5, 0.6) is 0 Å². The maximum Gasteiger partial charge on any atom is 0.325 e. The Balaban J connectivity index is 2.33. The van der Waals surface area contributed by atoms with Crippen LogP contribution in [-0.2, 0) is 9.53 Å². The van der Waals surface area contributed by atoms with E-state index in [2.05, 4.69) is 24.1 Å². The Kier molecular flexibility index (Phi) is 5.91. The van der Waals surface area contributed by atoms with Gasteiger partial charge in [-0.05, 0) is 20.4 Å². The van der Waals surface area contributed by atoms with Crippen LogP contribution in [0.1, 0.15) is 20.8 Å². The molecule has 104 valence electrons. The monoisotopic (exact) mass is 257 g/mol. The summed E-state index contributed by atoms with van der Waals surface area (Å²) in [6.07, 6.45) is 0. The fourth-order valence-electron chi connectivity index (χ4n) is 2.12. The molecule has 1 atom stereocenters. The van der Waals surface area contributed by atoms with Gasteiger partial charge in [0.2, 0.25) is 0 Å². The lowest BCUT2D eigenvalue weighted by molar-refractivity contribution is -0.141. The Morgan fingerprint density at radius 2 is 2.06 bits per heavy atom. The van der Waals surface area contributed by atoms with Crippen molar-refractivity contribution in [3.63, 3.8) is 0 Å². The molecule has 6 heteroatoms. The fraction of sp³-hybridized carbons (Fsp3) is 0.833. The van der Waals surface area contributed by atoms with Gasteiger partial charge in [-0.3, -0.25) is 9.69 Å². The van der Waals surface area contributed by atoms with E-state index in [1.165, 1.54) is 0 Å². The Labute approximate surface area is 108 Å². The zero-order valence-electron chi connectivity index (χ0n) is 11.4. The summed E-state index contributed by atoms with van der Waals surface area (Å²) in [5.74, 6) is -0.397. The molecule has 2 amide bonds. The largest absolute Gasteiger partial charge is 0.465 e. The minimum absolute atomic E-state index is 0.0605. The van der Waals surface area contributed by atoms with E-state index in [1.54, 1.807) is 11.8 Å². The summed E-state index contributed by atoms with van der Waals surface area (Å²) in [5.41, 5.74) is 0. The lowest BCUT2D eigenvalue weighted by atomic mass is 10.2. The molecule has 0 aromatic rings. The minimum Gasteiger partial charge on any atom is -0.465 e. The SMILES string of the molecule is CCOC(=O)CNC(=O)N1CCN(CC)C(C)C1. The van der Waals surface area contributed by atoms with Crippen LogP contribution in [0.3, 0.4) is 0 Å². The minimum atomic E-state index is -0.397. The molecule has 1 N–H and O–H groups in total. The molecule has 0 aromatic heterocycles. The molecule has 18 heavy (non-hydrogen) atoms. The summed E-state index contributed by atoms with van der Waals surface area (Å²) in [4.78, 5) is 27.0. The molecular weight excluding hydrogens is 234 g/mol. The van der Waals surface area contributed by atoms with Gasteiger partial charge in [0.1, 0.15) is 6.54 Å². The second kappa shape index (κ2) is 7.20. The van der Waals surface area contributed by atoms with Crippen molar-refractivity contribution in [2.75, 3.05) is 39.3 Å². The van der Waals surface area contributed by atoms with E-state index in [0.29, 0.717) is 25.7 Å². The molecule has 1 saturated heterocycles. The number of nitrogens with one attached hydrogen (secondary N) is 1. The van der Waals surface area contributed by atoms with Crippen molar-refractivity contribution in [1.29, 1.82) is 0 Å². The molecule has 1 heterocycles. The average molecular weight is 257 g/mol. The first-order valence-corrected chi connectivity index (χ1v) is 6.50. The van der Waals surface area contributed by atoms with Gasteiger partial charge in [-0.25, -0.2) is 4.79 Å². The summed E-state index contributed by atoms with van der Waals surface area (Å²) in [7, 11) is 0. The molecule has 1 rings (SSSR count). The highest BCUT2D eigenvalue weighted by Gasteiger charge is 2.25. The Morgan fingerprint density at radius 3 is 2.61 bits per heavy atom. The third-order valence-corrected chi connectivity index (χ3v) is 3.15. The molecule has 0 aliphatic carbocycles. The van der Waals surface area contributed by atoms with Crippen molar-refractivity contribution < 1.29 is 14.3 Å². The first kappa shape index (κ1) is 14.8. The normalized spacial score (nSPS) is 20.6. The zero-order valence-corrected chi connectivity index (χ0v) is 11.4. The molecule has 1 aliphatic rings. The van der Waals surface area contributed by atoms with E-state index >= 15 is 0 Å². The third kappa shape index (κ3) is 4.18. The van der Waals surface area contributed by atoms with Gasteiger partial charge >= 0.3 is 12.0 Å². The number of urea groups is 1. The number of carbonyl (C=O) groups is 2. The van der Waals surface area contributed by atoms with E-state index in [1.807, 2.05) is 0 Å². The van der Waals surface area contributed by atoms with Crippen LogP contribution in [0.4, 0.5) is 4.79 Å². The van der Waals surface area contributed by atoms with Gasteiger partial charge in [-0.15, -0.1) is 0 Å². The van der Waals surface area contributed by atoms with Crippen molar-refractivity contribution in [2.45, 2.75) is 26.8 Å². The Bertz CT molecular complexity index is 296. The van der Waals surface area contributed by atoms with Crippen molar-refractivity contribution in [1.82, 2.24) is 15.1 Å². The highest BCUT2D eigenvalue weighted by molar-refractivity contribution is 5.80. The van der Waals surface area contributed by atoms with Crippen molar-refractivity contribution in [2.24, 2.45) is 0 Å². The quantitative estimate of drug-likeness (QED) is 0.735. The van der Waals surface area contributed by atoms with E-state index in [-0.39, 0.29) is 12.6 Å². The van der Waals surface area contributed by atoms with Crippen LogP contribution in [0, 0.1) is 0 Å². The number of hydrogen-bond donors (Lipinski definition) is 1. The Hall–Kier alpha value is -1.30. The molecule has 0 radical (unpaired) electrons. The number of ether oxygens (including phenoxy) is 1. The van der Waals surface area contributed by atoms with Crippen LogP contribution < -0.4 is 5.32 Å². The molecule has 0 bridgehead atoms. The Morgan fingerprint density at radius 1 is 1.33 bits per heavy atom. The standard InChI is InChI=1S/C12H23N3O3/c1-4-14-6-7-15(9-10(14)3)12(17)13-8-11(16)18-5-2/h10H,4-9H2,1-3H3,(H,13,17). The van der Waals surface area contributed by atoms with Gasteiger partial charge in [-0.2, -0.15) is 0 Å². The third-order valence-electron chi connectivity index (χ3n) is 3.15. The topological polar surface area (TPSA) is 61.9 Å². The molecular formula is C12H23N3O3. The number of carbonyl (C=O) groups excluding carboxylic acids is 2. The van der Waals surface area contributed by atoms with E-state index in [0.717, 1.165) is 13.1 Å². The number of piperazine rings is 1. The highest BCUT2D eigenvalue weighted by Crippen LogP contribution is 2.08. The van der Waals surface area contributed by atoms with E-state index in [4.69, 9.17) is 4.74 Å². The summed E-state index contributed by atoms with van der Waals surface area (Å²) < 4.78 is 4.75. The maximum absolute atomic E-state index is 11.8. The van der Waals surface area contributed by atoms with Crippen LogP contribution in [-0.4, -0.2) is 67.2 Å². The van der Waals surface area contributed by atoms with Crippen molar-refractivity contribution in [3.8, 4) is 0 Å². The predicted molar refractivity (Wildman–Crippen MR) is 68.3 cm³/mol. The van der Waals surface area contributed by atoms with Gasteiger partial charge in [0.25, 0.3) is 0 Å². The van der Waals surface area contributed by atoms with Gasteiger partial charge in [0.15, 0.2) is 0 Å². The lowest BCUT2D eigenvalue weighted by Gasteiger charge is -2.39. The van der Waals surface area contributed by atoms with Crippen LogP contribution in [0.25, 0.3) is 0 Å². The summed E-state index contributed by atoms with van der Waals surface area (Å²) >= 11 is 0. The number of amides is 2. The summed E-state index contributed by atoms with van der Waals surface area (Å²) in [6, 6.07) is 0.169. The zero-order chi connectivity index (χ0) is 13.5. The van der Waals surface area contributed by atoms with E-state index < -0.39 is 5.97 Å². The highest BCUT2D eigenvalue weighted by atomic mass is 16.5. The van der Waals surface area contributed by atoms with E-state index in [9.17, 15) is 9.59 Å². The molecule has 0 aromatic carbocycles. The van der Waals surface area contributed by atoms with Gasteiger partial charge in [0.05, 0.1) is 6.61 Å². The lowest BCUT2D eigenvalue weighted by Crippen LogP contribution is -2.56. The van der Waals surface area contributed by atoms with Gasteiger partial charge in [0, 0.05) is 25.7 Å².